The monoisotopic (exact) mass is 574 g/mol. The summed E-state index contributed by atoms with van der Waals surface area (Å²) in [5, 5.41) is 12.3. The molecule has 0 radical (unpaired) electrons. The molecule has 2 aliphatic heterocycles. The first-order valence-corrected chi connectivity index (χ1v) is 14.6. The van der Waals surface area contributed by atoms with Crippen LogP contribution in [0.15, 0.2) is 49.1 Å². The van der Waals surface area contributed by atoms with Crippen molar-refractivity contribution in [1.29, 1.82) is 0 Å². The van der Waals surface area contributed by atoms with E-state index in [0.717, 1.165) is 74.7 Å². The van der Waals surface area contributed by atoms with E-state index in [0.29, 0.717) is 24.4 Å². The minimum absolute atomic E-state index is 0.0730. The zero-order chi connectivity index (χ0) is 28.6. The number of halogens is 1. The molecule has 6 heterocycles. The summed E-state index contributed by atoms with van der Waals surface area (Å²) in [6, 6.07) is 7.20. The van der Waals surface area contributed by atoms with Gasteiger partial charge in [-0.2, -0.15) is 14.5 Å². The second-order valence-corrected chi connectivity index (χ2v) is 11.6. The maximum Gasteiger partial charge on any atom is 0.247 e. The molecule has 1 amide bonds. The van der Waals surface area contributed by atoms with E-state index in [4.69, 9.17) is 9.72 Å². The highest BCUT2D eigenvalue weighted by Gasteiger charge is 2.43. The Balaban J connectivity index is 0.996. The molecule has 0 aromatic carbocycles. The quantitative estimate of drug-likeness (QED) is 0.318. The van der Waals surface area contributed by atoms with E-state index in [1.54, 1.807) is 27.7 Å². The van der Waals surface area contributed by atoms with Crippen LogP contribution in [0.3, 0.4) is 0 Å². The zero-order valence-corrected chi connectivity index (χ0v) is 23.6. The molecule has 3 fully saturated rings. The highest BCUT2D eigenvalue weighted by molar-refractivity contribution is 5.76. The van der Waals surface area contributed by atoms with Crippen LogP contribution in [0, 0.1) is 17.8 Å². The lowest BCUT2D eigenvalue weighted by Gasteiger charge is -2.39. The molecular weight excluding hydrogens is 539 g/mol. The van der Waals surface area contributed by atoms with Gasteiger partial charge in [-0.1, -0.05) is 6.07 Å². The molecule has 4 aromatic rings. The Morgan fingerprint density at radius 2 is 1.90 bits per heavy atom. The average molecular weight is 575 g/mol. The molecule has 1 N–H and O–H groups in total. The van der Waals surface area contributed by atoms with Crippen molar-refractivity contribution in [2.24, 2.45) is 11.8 Å². The first kappa shape index (κ1) is 26.8. The number of ether oxygens (including phenoxy) is 1. The summed E-state index contributed by atoms with van der Waals surface area (Å²) in [5.41, 5.74) is 3.45. The number of fused-ring (bicyclic) bond motifs is 3. The van der Waals surface area contributed by atoms with Crippen molar-refractivity contribution in [2.75, 3.05) is 56.5 Å². The van der Waals surface area contributed by atoms with Crippen LogP contribution in [-0.2, 0) is 22.7 Å². The molecule has 12 nitrogen and oxygen atoms in total. The van der Waals surface area contributed by atoms with Crippen LogP contribution in [0.1, 0.15) is 18.4 Å². The fourth-order valence-electron chi connectivity index (χ4n) is 6.46. The average Bonchev–Trinajstić information content (AvgIpc) is 3.67. The standard InChI is InChI=1S/C29H35FN10O2/c1-36-9-11-37(12-10-36)26(41)18-39-17-23(14-32-39)33-29-34-28-24(3-2-8-40(28)35-29)38-15-21-5-6-22(16-38)27(21)42-19-20-4-7-25(30)31-13-20/h2-4,7-8,13-14,17,21-22,27H,5-6,9-12,15-16,18-19H2,1H3,(H,33,35)/t21-,22+,27?. The Kier molecular flexibility index (Phi) is 7.20. The van der Waals surface area contributed by atoms with Crippen LogP contribution in [0.2, 0.25) is 0 Å². The first-order valence-electron chi connectivity index (χ1n) is 14.6. The third-order valence-corrected chi connectivity index (χ3v) is 8.70. The molecule has 2 saturated heterocycles. The third kappa shape index (κ3) is 5.53. The smallest absolute Gasteiger partial charge is 0.247 e. The van der Waals surface area contributed by atoms with Crippen molar-refractivity contribution in [3.63, 3.8) is 0 Å². The van der Waals surface area contributed by atoms with Crippen LogP contribution in [-0.4, -0.2) is 97.5 Å². The Labute approximate surface area is 243 Å². The van der Waals surface area contributed by atoms with Crippen LogP contribution in [0.4, 0.5) is 21.7 Å². The lowest BCUT2D eigenvalue weighted by Crippen LogP contribution is -2.48. The molecule has 3 aliphatic rings. The number of aromatic nitrogens is 6. The van der Waals surface area contributed by atoms with Crippen LogP contribution >= 0.6 is 0 Å². The van der Waals surface area contributed by atoms with Gasteiger partial charge in [-0.15, -0.1) is 5.10 Å². The molecule has 2 bridgehead atoms. The Bertz CT molecular complexity index is 1530. The molecule has 13 heteroatoms. The molecule has 3 atom stereocenters. The number of hydrogen-bond acceptors (Lipinski definition) is 9. The van der Waals surface area contributed by atoms with Gasteiger partial charge in [0.05, 0.1) is 30.3 Å². The minimum atomic E-state index is -0.476. The molecule has 4 aromatic heterocycles. The van der Waals surface area contributed by atoms with Gasteiger partial charge in [0.1, 0.15) is 6.54 Å². The van der Waals surface area contributed by atoms with E-state index >= 15 is 0 Å². The van der Waals surface area contributed by atoms with Gasteiger partial charge < -0.3 is 24.8 Å². The van der Waals surface area contributed by atoms with Crippen molar-refractivity contribution < 1.29 is 13.9 Å². The summed E-state index contributed by atoms with van der Waals surface area (Å²) in [5.74, 6) is 0.899. The number of nitrogens with one attached hydrogen (secondary N) is 1. The van der Waals surface area contributed by atoms with E-state index in [1.807, 2.05) is 23.4 Å². The lowest BCUT2D eigenvalue weighted by molar-refractivity contribution is -0.133. The molecule has 1 aliphatic carbocycles. The summed E-state index contributed by atoms with van der Waals surface area (Å²) < 4.78 is 22.9. The predicted molar refractivity (Wildman–Crippen MR) is 154 cm³/mol. The van der Waals surface area contributed by atoms with Gasteiger partial charge in [0, 0.05) is 69.7 Å². The molecular formula is C29H35FN10O2. The summed E-state index contributed by atoms with van der Waals surface area (Å²) >= 11 is 0. The minimum Gasteiger partial charge on any atom is -0.373 e. The largest absolute Gasteiger partial charge is 0.373 e. The number of amides is 1. The predicted octanol–water partition coefficient (Wildman–Crippen LogP) is 2.41. The van der Waals surface area contributed by atoms with E-state index in [-0.39, 0.29) is 18.6 Å². The van der Waals surface area contributed by atoms with Gasteiger partial charge in [-0.25, -0.2) is 9.50 Å². The van der Waals surface area contributed by atoms with Gasteiger partial charge in [-0.05, 0) is 43.7 Å². The van der Waals surface area contributed by atoms with Crippen LogP contribution in [0.25, 0.3) is 5.65 Å². The van der Waals surface area contributed by atoms with Crippen molar-refractivity contribution in [1.82, 2.24) is 39.2 Å². The van der Waals surface area contributed by atoms with Gasteiger partial charge >= 0.3 is 0 Å². The number of pyridine rings is 2. The van der Waals surface area contributed by atoms with Gasteiger partial charge in [0.25, 0.3) is 0 Å². The Hall–Kier alpha value is -4.10. The fraction of sp³-hybridized carbons (Fsp3) is 0.483. The van der Waals surface area contributed by atoms with Crippen LogP contribution < -0.4 is 10.2 Å². The molecule has 1 unspecified atom stereocenters. The number of hydrogen-bond donors (Lipinski definition) is 1. The van der Waals surface area contributed by atoms with E-state index in [2.05, 4.69) is 43.4 Å². The number of piperidine rings is 1. The normalized spacial score (nSPS) is 22.7. The highest BCUT2D eigenvalue weighted by Crippen LogP contribution is 2.41. The zero-order valence-electron chi connectivity index (χ0n) is 23.6. The first-order chi connectivity index (χ1) is 20.5. The molecule has 7 rings (SSSR count). The topological polar surface area (TPSA) is 109 Å². The number of carbonyl (C=O) groups is 1. The number of anilines is 3. The summed E-state index contributed by atoms with van der Waals surface area (Å²) in [6.45, 7) is 5.68. The number of piperazine rings is 1. The number of carbonyl (C=O) groups excluding carboxylic acids is 1. The Morgan fingerprint density at radius 3 is 2.67 bits per heavy atom. The van der Waals surface area contributed by atoms with Crippen molar-refractivity contribution in [3.05, 3.63) is 60.6 Å². The Morgan fingerprint density at radius 1 is 1.10 bits per heavy atom. The summed E-state index contributed by atoms with van der Waals surface area (Å²) in [4.78, 5) is 27.8. The van der Waals surface area contributed by atoms with Crippen LogP contribution in [0.5, 0.6) is 0 Å². The maximum atomic E-state index is 13.2. The molecule has 220 valence electrons. The second-order valence-electron chi connectivity index (χ2n) is 11.6. The second kappa shape index (κ2) is 11.3. The van der Waals surface area contributed by atoms with Crippen molar-refractivity contribution in [3.8, 4) is 0 Å². The lowest BCUT2D eigenvalue weighted by atomic mass is 9.94. The summed E-state index contributed by atoms with van der Waals surface area (Å²) in [7, 11) is 2.07. The van der Waals surface area contributed by atoms with Gasteiger partial charge in [0.15, 0.2) is 5.65 Å². The number of nitrogens with zero attached hydrogens (tertiary/aromatic N) is 9. The van der Waals surface area contributed by atoms with Gasteiger partial charge in [0.2, 0.25) is 17.8 Å². The molecule has 42 heavy (non-hydrogen) atoms. The summed E-state index contributed by atoms with van der Waals surface area (Å²) in [6.07, 6.45) is 9.37. The van der Waals surface area contributed by atoms with Crippen molar-refractivity contribution in [2.45, 2.75) is 32.1 Å². The number of rotatable bonds is 8. The van der Waals surface area contributed by atoms with E-state index in [9.17, 15) is 9.18 Å². The number of likely N-dealkylation sites (N-methyl/N-ethyl adjacent to an activating group) is 1. The van der Waals surface area contributed by atoms with E-state index in [1.165, 1.54) is 6.07 Å². The molecule has 1 saturated carbocycles. The highest BCUT2D eigenvalue weighted by atomic mass is 19.1. The SMILES string of the molecule is CN1CCN(C(=O)Cn2cc(Nc3nc4c(N5C[C@H]6CC[C@@H](C5)C6OCc5ccc(F)nc5)cccn4n3)cn2)CC1. The molecule has 0 spiro atoms. The third-order valence-electron chi connectivity index (χ3n) is 8.70. The fourth-order valence-corrected chi connectivity index (χ4v) is 6.46. The maximum absolute atomic E-state index is 13.2. The van der Waals surface area contributed by atoms with Crippen molar-refractivity contribution >= 4 is 28.9 Å². The van der Waals surface area contributed by atoms with Gasteiger partial charge in [-0.3, -0.25) is 9.48 Å². The van der Waals surface area contributed by atoms with E-state index < -0.39 is 5.95 Å².